The monoisotopic (exact) mass is 513 g/mol. The average molecular weight is 514 g/mol. The van der Waals surface area contributed by atoms with Crippen molar-refractivity contribution in [1.29, 1.82) is 0 Å². The molecule has 0 spiro atoms. The summed E-state index contributed by atoms with van der Waals surface area (Å²) >= 11 is 0. The molecule has 0 saturated carbocycles. The number of nitro groups is 2. The number of carbonyl (C=O) groups excluding carboxylic acids is 2. The van der Waals surface area contributed by atoms with Gasteiger partial charge in [0, 0.05) is 48.9 Å². The van der Waals surface area contributed by atoms with Crippen LogP contribution in [0, 0.1) is 20.2 Å². The van der Waals surface area contributed by atoms with Gasteiger partial charge >= 0.3 is 0 Å². The number of hydrogen-bond acceptors (Lipinski definition) is 7. The largest absolute Gasteiger partial charge is 0.497 e. The number of benzene rings is 4. The first-order valence-corrected chi connectivity index (χ1v) is 11.6. The Kier molecular flexibility index (Phi) is 7.43. The Morgan fingerprint density at radius 1 is 0.868 bits per heavy atom. The van der Waals surface area contributed by atoms with Crippen molar-refractivity contribution in [2.75, 3.05) is 13.7 Å². The van der Waals surface area contributed by atoms with Crippen molar-refractivity contribution in [3.63, 3.8) is 0 Å². The summed E-state index contributed by atoms with van der Waals surface area (Å²) in [5, 5.41) is 24.4. The van der Waals surface area contributed by atoms with Crippen molar-refractivity contribution >= 4 is 34.0 Å². The van der Waals surface area contributed by atoms with Gasteiger partial charge in [0.2, 0.25) is 5.91 Å². The summed E-state index contributed by atoms with van der Waals surface area (Å²) in [5.74, 6) is -0.428. The summed E-state index contributed by atoms with van der Waals surface area (Å²) in [6.07, 6.45) is 0.371. The number of methoxy groups -OCH3 is 1. The molecule has 0 heterocycles. The number of hydrogen-bond donors (Lipinski definition) is 0. The summed E-state index contributed by atoms with van der Waals surface area (Å²) in [6.45, 7) is 1.35. The van der Waals surface area contributed by atoms with Crippen LogP contribution in [0.3, 0.4) is 0 Å². The summed E-state index contributed by atoms with van der Waals surface area (Å²) in [4.78, 5) is 48.6. The molecule has 2 amide bonds. The van der Waals surface area contributed by atoms with Crippen molar-refractivity contribution in [3.05, 3.63) is 110 Å². The second-order valence-corrected chi connectivity index (χ2v) is 8.52. The minimum Gasteiger partial charge on any atom is -0.497 e. The topological polar surface area (TPSA) is 133 Å². The van der Waals surface area contributed by atoms with Crippen LogP contribution in [0.4, 0.5) is 11.4 Å². The van der Waals surface area contributed by atoms with E-state index < -0.39 is 21.7 Å². The number of amides is 2. The molecule has 0 bridgehead atoms. The van der Waals surface area contributed by atoms with Crippen molar-refractivity contribution in [2.24, 2.45) is 0 Å². The highest BCUT2D eigenvalue weighted by Gasteiger charge is 2.25. The van der Waals surface area contributed by atoms with Gasteiger partial charge in [0.1, 0.15) is 5.75 Å². The molecule has 4 rings (SSSR count). The maximum absolute atomic E-state index is 13.6. The standard InChI is InChI=1S/C28H23N3O7/c1-18(32)29(15-14-20-5-3-4-19-8-12-24(38-2)17-26(19)20)28(33)25-13-11-23(31(36)37)16-27(25)21-6-9-22(10-7-21)30(34)35/h3-13,16-17H,14-15H2,1-2H3. The van der Waals surface area contributed by atoms with Gasteiger partial charge in [-0.1, -0.05) is 24.3 Å². The number of nitro benzene ring substituents is 2. The number of imide groups is 1. The van der Waals surface area contributed by atoms with Crippen molar-refractivity contribution in [2.45, 2.75) is 13.3 Å². The second-order valence-electron chi connectivity index (χ2n) is 8.52. The Hall–Kier alpha value is -5.12. The number of fused-ring (bicyclic) bond motifs is 1. The zero-order chi connectivity index (χ0) is 27.4. The van der Waals surface area contributed by atoms with Gasteiger partial charge in [0.15, 0.2) is 0 Å². The van der Waals surface area contributed by atoms with E-state index in [0.717, 1.165) is 21.2 Å². The fraction of sp³-hybridized carbons (Fsp3) is 0.143. The minimum atomic E-state index is -0.626. The highest BCUT2D eigenvalue weighted by Crippen LogP contribution is 2.31. The fourth-order valence-corrected chi connectivity index (χ4v) is 4.27. The van der Waals surface area contributed by atoms with Gasteiger partial charge in [-0.05, 0) is 58.7 Å². The van der Waals surface area contributed by atoms with E-state index in [1.165, 1.54) is 49.4 Å². The third kappa shape index (κ3) is 5.34. The van der Waals surface area contributed by atoms with Crippen LogP contribution in [0.25, 0.3) is 21.9 Å². The van der Waals surface area contributed by atoms with Crippen molar-refractivity contribution in [3.8, 4) is 16.9 Å². The highest BCUT2D eigenvalue weighted by molar-refractivity contribution is 6.08. The molecule has 4 aromatic rings. The fourth-order valence-electron chi connectivity index (χ4n) is 4.27. The van der Waals surface area contributed by atoms with Crippen molar-refractivity contribution < 1.29 is 24.2 Å². The quantitative estimate of drug-likeness (QED) is 0.222. The molecule has 192 valence electrons. The predicted molar refractivity (Wildman–Crippen MR) is 141 cm³/mol. The van der Waals surface area contributed by atoms with Crippen LogP contribution in [0.5, 0.6) is 5.75 Å². The molecule has 0 atom stereocenters. The molecule has 0 aliphatic heterocycles. The molecule has 10 heteroatoms. The number of rotatable bonds is 8. The smallest absolute Gasteiger partial charge is 0.270 e. The molecule has 0 radical (unpaired) electrons. The average Bonchev–Trinajstić information content (AvgIpc) is 2.92. The maximum atomic E-state index is 13.6. The van der Waals surface area contributed by atoms with E-state index in [9.17, 15) is 29.8 Å². The lowest BCUT2D eigenvalue weighted by molar-refractivity contribution is -0.384. The van der Waals surface area contributed by atoms with Gasteiger partial charge in [-0.3, -0.25) is 34.7 Å². The molecular weight excluding hydrogens is 490 g/mol. The van der Waals surface area contributed by atoms with Crippen LogP contribution in [-0.4, -0.2) is 40.2 Å². The van der Waals surface area contributed by atoms with Crippen LogP contribution in [0.1, 0.15) is 22.8 Å². The number of ether oxygens (including phenoxy) is 1. The summed E-state index contributed by atoms with van der Waals surface area (Å²) in [5.41, 5.74) is 1.13. The SMILES string of the molecule is COc1ccc2cccc(CCN(C(C)=O)C(=O)c3ccc([N+](=O)[O-])cc3-c3ccc([N+](=O)[O-])cc3)c2c1. The van der Waals surface area contributed by atoms with E-state index >= 15 is 0 Å². The van der Waals surface area contributed by atoms with Crippen LogP contribution in [-0.2, 0) is 11.2 Å². The van der Waals surface area contributed by atoms with Crippen LogP contribution in [0.2, 0.25) is 0 Å². The first kappa shape index (κ1) is 26.0. The van der Waals surface area contributed by atoms with Gasteiger partial charge in [0.05, 0.1) is 17.0 Å². The van der Waals surface area contributed by atoms with Crippen LogP contribution < -0.4 is 4.74 Å². The predicted octanol–water partition coefficient (Wildman–Crippen LogP) is 5.56. The first-order valence-electron chi connectivity index (χ1n) is 11.6. The number of carbonyl (C=O) groups is 2. The van der Waals surface area contributed by atoms with E-state index in [-0.39, 0.29) is 29.0 Å². The molecule has 0 aromatic heterocycles. The van der Waals surface area contributed by atoms with E-state index in [4.69, 9.17) is 4.74 Å². The van der Waals surface area contributed by atoms with E-state index in [0.29, 0.717) is 17.7 Å². The molecule has 0 aliphatic carbocycles. The molecule has 10 nitrogen and oxygen atoms in total. The number of non-ortho nitro benzene ring substituents is 2. The summed E-state index contributed by atoms with van der Waals surface area (Å²) < 4.78 is 5.34. The lowest BCUT2D eigenvalue weighted by Crippen LogP contribution is -2.37. The normalized spacial score (nSPS) is 10.7. The Balaban J connectivity index is 1.70. The Bertz CT molecular complexity index is 1570. The Labute approximate surface area is 217 Å². The second kappa shape index (κ2) is 10.9. The molecular formula is C28H23N3O7. The lowest BCUT2D eigenvalue weighted by atomic mass is 9.97. The van der Waals surface area contributed by atoms with Crippen molar-refractivity contribution in [1.82, 2.24) is 4.90 Å². The Morgan fingerprint density at radius 3 is 2.18 bits per heavy atom. The van der Waals surface area contributed by atoms with E-state index in [2.05, 4.69) is 0 Å². The third-order valence-electron chi connectivity index (χ3n) is 6.24. The van der Waals surface area contributed by atoms with Gasteiger partial charge in [-0.25, -0.2) is 0 Å². The first-order chi connectivity index (χ1) is 18.2. The minimum absolute atomic E-state index is 0.0687. The molecule has 0 unspecified atom stereocenters. The number of nitrogens with zero attached hydrogens (tertiary/aromatic N) is 3. The van der Waals surface area contributed by atoms with Gasteiger partial charge in [-0.15, -0.1) is 0 Å². The molecule has 0 aliphatic rings. The summed E-state index contributed by atoms with van der Waals surface area (Å²) in [6, 6.07) is 20.5. The third-order valence-corrected chi connectivity index (χ3v) is 6.24. The summed E-state index contributed by atoms with van der Waals surface area (Å²) in [7, 11) is 1.58. The van der Waals surface area contributed by atoms with Gasteiger partial charge in [0.25, 0.3) is 17.3 Å². The van der Waals surface area contributed by atoms with Gasteiger partial charge in [-0.2, -0.15) is 0 Å². The van der Waals surface area contributed by atoms with Crippen LogP contribution >= 0.6 is 0 Å². The highest BCUT2D eigenvalue weighted by atomic mass is 16.6. The molecule has 0 saturated heterocycles. The molecule has 38 heavy (non-hydrogen) atoms. The lowest BCUT2D eigenvalue weighted by Gasteiger charge is -2.21. The van der Waals surface area contributed by atoms with E-state index in [1.54, 1.807) is 7.11 Å². The molecule has 4 aromatic carbocycles. The van der Waals surface area contributed by atoms with E-state index in [1.807, 2.05) is 36.4 Å². The zero-order valence-corrected chi connectivity index (χ0v) is 20.6. The maximum Gasteiger partial charge on any atom is 0.270 e. The molecule has 0 fully saturated rings. The zero-order valence-electron chi connectivity index (χ0n) is 20.6. The van der Waals surface area contributed by atoms with Gasteiger partial charge < -0.3 is 4.74 Å². The Morgan fingerprint density at radius 2 is 1.55 bits per heavy atom. The van der Waals surface area contributed by atoms with Crippen LogP contribution in [0.15, 0.2) is 78.9 Å². The molecule has 0 N–H and O–H groups in total.